The Hall–Kier alpha value is -7.72. The Kier molecular flexibility index (Phi) is 18.3. The molecule has 0 unspecified atom stereocenters. The van der Waals surface area contributed by atoms with Gasteiger partial charge in [0.15, 0.2) is 5.65 Å². The van der Waals surface area contributed by atoms with E-state index in [1.165, 1.54) is 15.7 Å². The Balaban J connectivity index is -0.000000148. The summed E-state index contributed by atoms with van der Waals surface area (Å²) < 4.78 is 12.0. The molecule has 52 heavy (non-hydrogen) atoms. The van der Waals surface area contributed by atoms with Crippen molar-refractivity contribution < 1.29 is 25.5 Å². The third kappa shape index (κ3) is 14.2. The van der Waals surface area contributed by atoms with Crippen LogP contribution in [0, 0.1) is 113 Å². The number of hydrogen-bond donors (Lipinski definition) is 2. The van der Waals surface area contributed by atoms with Crippen LogP contribution in [0.25, 0.3) is 15.9 Å². The lowest BCUT2D eigenvalue weighted by Gasteiger charge is -2.09. The molecule has 2 N–H and O–H groups in total. The first kappa shape index (κ1) is 40.5. The average molecular weight is 741 g/mol. The van der Waals surface area contributed by atoms with Gasteiger partial charge in [0.05, 0.1) is 29.3 Å². The van der Waals surface area contributed by atoms with Crippen molar-refractivity contribution in [3.63, 3.8) is 0 Å². The number of benzene rings is 1. The average Bonchev–Trinajstić information content (AvgIpc) is 3.81. The van der Waals surface area contributed by atoms with Crippen LogP contribution in [0.15, 0.2) is 57.1 Å². The third-order valence-corrected chi connectivity index (χ3v) is 6.66. The van der Waals surface area contributed by atoms with Crippen molar-refractivity contribution in [2.75, 3.05) is 21.2 Å². The number of aromatic nitrogens is 4. The lowest BCUT2D eigenvalue weighted by Crippen LogP contribution is -2.27. The smallest absolute Gasteiger partial charge is 0.352 e. The highest BCUT2D eigenvalue weighted by molar-refractivity contribution is 7.74. The summed E-state index contributed by atoms with van der Waals surface area (Å²) in [6.45, 7) is 1.29. The first-order valence-corrected chi connectivity index (χ1v) is 15.1. The summed E-state index contributed by atoms with van der Waals surface area (Å²) in [5, 5.41) is 22.6. The zero-order valence-electron chi connectivity index (χ0n) is 27.6. The summed E-state index contributed by atoms with van der Waals surface area (Å²) in [6, 6.07) is 9.84. The van der Waals surface area contributed by atoms with Gasteiger partial charge in [-0.05, 0) is 133 Å². The molecule has 0 saturated heterocycles. The maximum Gasteiger partial charge on any atom is 0.352 e. The fraction of sp³-hybridized carbons (Fsp3) is 0.139. The highest BCUT2D eigenvalue weighted by atomic mass is 32.1. The molecule has 4 aromatic rings. The van der Waals surface area contributed by atoms with E-state index in [1.54, 1.807) is 23.0 Å². The number of terminal acetylenes is 2. The second kappa shape index (κ2) is 23.6. The molecule has 0 amide bonds. The Bertz CT molecular complexity index is 2500. The van der Waals surface area contributed by atoms with E-state index in [0.717, 1.165) is 28.1 Å². The molecule has 1 aromatic carbocycles. The Morgan fingerprint density at radius 2 is 1.52 bits per heavy atom. The highest BCUT2D eigenvalue weighted by Gasteiger charge is 2.16. The van der Waals surface area contributed by atoms with Gasteiger partial charge in [-0.2, -0.15) is 9.61 Å². The molecule has 0 spiro atoms. The van der Waals surface area contributed by atoms with Crippen molar-refractivity contribution in [3.05, 3.63) is 62.8 Å². The zero-order valence-corrected chi connectivity index (χ0v) is 29.3. The molecule has 3 aromatic heterocycles. The van der Waals surface area contributed by atoms with E-state index in [-0.39, 0.29) is 22.1 Å². The van der Waals surface area contributed by atoms with Gasteiger partial charge in [-0.3, -0.25) is 10.4 Å². The number of ether oxygens (including phenoxy) is 1. The summed E-state index contributed by atoms with van der Waals surface area (Å²) in [6.07, 6.45) is 11.2. The van der Waals surface area contributed by atoms with Crippen LogP contribution < -0.4 is 16.3 Å². The van der Waals surface area contributed by atoms with Gasteiger partial charge in [0, 0.05) is 22.8 Å². The molecule has 4 rings (SSSR count). The molecule has 0 aliphatic rings. The molecule has 0 saturated carbocycles. The SMILES string of the molecule is C#CC#CC#CC#CC#CC#CC#CC#CC#C.COc1ccc(Cn2c(=O)n3ncnc3c3cc(CN(C)C)sc32)cc1.NN=NN=[N+]([O-])OS.[HH].[HH].[HH].[HH].[HH].[HH].[HH].[HH]. The molecule has 14 nitrogen and oxygen atoms in total. The van der Waals surface area contributed by atoms with Gasteiger partial charge < -0.3 is 19.1 Å². The summed E-state index contributed by atoms with van der Waals surface area (Å²) in [5.74, 6) is 43.5. The fourth-order valence-electron chi connectivity index (χ4n) is 3.52. The molecule has 0 radical (unpaired) electrons. The van der Waals surface area contributed by atoms with Crippen molar-refractivity contribution in [1.29, 1.82) is 0 Å². The summed E-state index contributed by atoms with van der Waals surface area (Å²) in [5.41, 5.74) is 1.45. The maximum atomic E-state index is 13.0. The quantitative estimate of drug-likeness (QED) is 0.0702. The largest absolute Gasteiger partial charge is 0.497 e. The molecule has 270 valence electrons. The molecule has 0 bridgehead atoms. The normalized spacial score (nSPS) is 9.02. The van der Waals surface area contributed by atoms with E-state index in [1.807, 2.05) is 38.4 Å². The van der Waals surface area contributed by atoms with E-state index in [2.05, 4.69) is 154 Å². The lowest BCUT2D eigenvalue weighted by molar-refractivity contribution is -0.744. The number of rotatable bonds is 7. The van der Waals surface area contributed by atoms with Crippen molar-refractivity contribution >= 4 is 40.1 Å². The van der Waals surface area contributed by atoms with E-state index in [9.17, 15) is 10.0 Å². The van der Waals surface area contributed by atoms with Crippen LogP contribution in [-0.4, -0.2) is 50.3 Å². The monoisotopic (exact) mass is 740 g/mol. The Morgan fingerprint density at radius 1 is 0.981 bits per heavy atom. The predicted molar refractivity (Wildman–Crippen MR) is 216 cm³/mol. The van der Waals surface area contributed by atoms with Gasteiger partial charge >= 0.3 is 5.69 Å². The number of thiol groups is 1. The minimum Gasteiger partial charge on any atom is -0.497 e. The second-order valence-electron chi connectivity index (χ2n) is 9.03. The van der Waals surface area contributed by atoms with Gasteiger partial charge in [-0.1, -0.05) is 25.0 Å². The van der Waals surface area contributed by atoms with E-state index < -0.39 is 0 Å². The van der Waals surface area contributed by atoms with Gasteiger partial charge in [0.25, 0.3) is 0 Å². The summed E-state index contributed by atoms with van der Waals surface area (Å²) in [4.78, 5) is 21.5. The Morgan fingerprint density at radius 3 is 1.98 bits per heavy atom. The molecule has 0 fully saturated rings. The zero-order chi connectivity index (χ0) is 38.0. The van der Waals surface area contributed by atoms with Crippen LogP contribution in [0.1, 0.15) is 21.9 Å². The van der Waals surface area contributed by atoms with Crippen molar-refractivity contribution in [3.8, 4) is 113 Å². The first-order chi connectivity index (χ1) is 25.3. The number of thiophene rings is 1. The second-order valence-corrected chi connectivity index (χ2v) is 10.3. The third-order valence-electron chi connectivity index (χ3n) is 5.37. The standard InChI is InChI=1S/C18H19N5O2S.C18H2.H3N5O2S.8H2/c1-21(2)10-14-8-15-16-19-11-20-23(16)18(24)22(17(15)26-14)9-12-4-6-13(25-3)7-5-12;1-3-5-7-9-11-13-15-17-18-16-14-12-10-8-6-4-2;1-2-3-4-5(6)7-8;;;;;;;;/h4-8,11H,9-10H2,1-3H3;1-2H;8H,(H2,1,3);8*1H. The molecule has 3 heterocycles. The number of hydrogen-bond acceptors (Lipinski definition) is 10. The molecule has 0 atom stereocenters. The molecule has 16 heteroatoms. The molecule has 0 aliphatic carbocycles. The van der Waals surface area contributed by atoms with Crippen LogP contribution in [0.5, 0.6) is 5.75 Å². The number of methoxy groups -OCH3 is 1. The van der Waals surface area contributed by atoms with Crippen LogP contribution in [-0.2, 0) is 17.4 Å². The van der Waals surface area contributed by atoms with Gasteiger partial charge in [-0.25, -0.2) is 9.78 Å². The predicted octanol–water partition coefficient (Wildman–Crippen LogP) is 4.44. The maximum absolute atomic E-state index is 13.0. The van der Waals surface area contributed by atoms with E-state index in [4.69, 9.17) is 17.6 Å². The topological polar surface area (TPSA) is 163 Å². The molecule has 0 aliphatic heterocycles. The van der Waals surface area contributed by atoms with Crippen LogP contribution >= 0.6 is 24.2 Å². The minimum atomic E-state index is -0.264. The summed E-state index contributed by atoms with van der Waals surface area (Å²) in [7, 11) is 5.70. The highest BCUT2D eigenvalue weighted by Crippen LogP contribution is 2.28. The number of fused-ring (bicyclic) bond motifs is 3. The van der Waals surface area contributed by atoms with Crippen molar-refractivity contribution in [1.82, 2.24) is 24.1 Å². The Labute approximate surface area is 321 Å². The molecular formula is C36H40N10O4S2. The van der Waals surface area contributed by atoms with Crippen molar-refractivity contribution in [2.45, 2.75) is 13.1 Å². The number of nitrogens with zero attached hydrogens (tertiary/aromatic N) is 9. The van der Waals surface area contributed by atoms with Gasteiger partial charge in [-0.15, -0.1) is 24.2 Å². The first-order valence-electron chi connectivity index (χ1n) is 13.9. The van der Waals surface area contributed by atoms with Gasteiger partial charge in [0.2, 0.25) is 10.4 Å². The van der Waals surface area contributed by atoms with Crippen LogP contribution in [0.4, 0.5) is 0 Å². The number of nitrogens with two attached hydrogens (primary N) is 1. The molecular weight excluding hydrogens is 701 g/mol. The fourth-order valence-corrected chi connectivity index (χ4v) is 4.81. The van der Waals surface area contributed by atoms with E-state index in [0.29, 0.717) is 12.2 Å². The summed E-state index contributed by atoms with van der Waals surface area (Å²) >= 11 is 4.69. The van der Waals surface area contributed by atoms with E-state index >= 15 is 0 Å². The van der Waals surface area contributed by atoms with Crippen LogP contribution in [0.2, 0.25) is 0 Å². The minimum absolute atomic E-state index is 0. The lowest BCUT2D eigenvalue weighted by atomic mass is 10.2. The van der Waals surface area contributed by atoms with Gasteiger partial charge in [0.1, 0.15) is 16.9 Å². The van der Waals surface area contributed by atoms with Crippen LogP contribution in [0.3, 0.4) is 0 Å². The van der Waals surface area contributed by atoms with Crippen molar-refractivity contribution in [2.24, 2.45) is 21.5 Å².